The van der Waals surface area contributed by atoms with Gasteiger partial charge in [0.2, 0.25) is 0 Å². The Morgan fingerprint density at radius 3 is 2.62 bits per heavy atom. The van der Waals surface area contributed by atoms with Gasteiger partial charge in [0.1, 0.15) is 0 Å². The fourth-order valence-corrected chi connectivity index (χ4v) is 2.60. The predicted molar refractivity (Wildman–Crippen MR) is 103 cm³/mol. The fourth-order valence-electron chi connectivity index (χ4n) is 2.41. The molecule has 3 rings (SSSR count). The van der Waals surface area contributed by atoms with Crippen molar-refractivity contribution in [2.45, 2.75) is 6.54 Å². The molecule has 8 heteroatoms. The van der Waals surface area contributed by atoms with Crippen molar-refractivity contribution >= 4 is 35.8 Å². The Morgan fingerprint density at radius 2 is 1.88 bits per heavy atom. The summed E-state index contributed by atoms with van der Waals surface area (Å²) in [7, 11) is 0. The number of amides is 1. The van der Waals surface area contributed by atoms with Crippen LogP contribution in [0.1, 0.15) is 5.56 Å². The van der Waals surface area contributed by atoms with Gasteiger partial charge in [-0.1, -0.05) is 35.9 Å². The van der Waals surface area contributed by atoms with Crippen molar-refractivity contribution in [3.63, 3.8) is 0 Å². The van der Waals surface area contributed by atoms with Crippen molar-refractivity contribution in [3.05, 3.63) is 81.6 Å². The van der Waals surface area contributed by atoms with E-state index in [4.69, 9.17) is 16.7 Å². The summed E-state index contributed by atoms with van der Waals surface area (Å²) >= 11 is 6.00. The average molecular weight is 392 g/mol. The van der Waals surface area contributed by atoms with Crippen LogP contribution in [0.2, 0.25) is 5.02 Å². The first-order valence-corrected chi connectivity index (χ1v) is 7.82. The third-order valence-electron chi connectivity index (χ3n) is 3.50. The van der Waals surface area contributed by atoms with Gasteiger partial charge in [0.15, 0.2) is 0 Å². The average Bonchev–Trinajstić information content (AvgIpc) is 2.56. The summed E-state index contributed by atoms with van der Waals surface area (Å²) in [6.45, 7) is 0.225. The van der Waals surface area contributed by atoms with Crippen LogP contribution in [0.3, 0.4) is 0 Å². The highest BCUT2D eigenvalue weighted by Gasteiger charge is 2.06. The topological polar surface area (TPSA) is 84.2 Å². The van der Waals surface area contributed by atoms with E-state index in [1.807, 2.05) is 12.1 Å². The number of nitrogens with one attached hydrogen (secondary N) is 1. The molecular weight excluding hydrogens is 377 g/mol. The molecule has 26 heavy (non-hydrogen) atoms. The number of rotatable bonds is 4. The van der Waals surface area contributed by atoms with Gasteiger partial charge < -0.3 is 5.11 Å². The molecule has 0 unspecified atom stereocenters. The zero-order chi connectivity index (χ0) is 17.8. The Morgan fingerprint density at radius 1 is 1.12 bits per heavy atom. The Kier molecular flexibility index (Phi) is 6.38. The summed E-state index contributed by atoms with van der Waals surface area (Å²) < 4.78 is 1.33. The largest absolute Gasteiger partial charge is 0.465 e. The van der Waals surface area contributed by atoms with Crippen molar-refractivity contribution in [1.29, 1.82) is 0 Å². The summed E-state index contributed by atoms with van der Waals surface area (Å²) in [5, 5.41) is 16.0. The molecule has 1 heterocycles. The van der Waals surface area contributed by atoms with Crippen LogP contribution in [0.15, 0.2) is 65.5 Å². The highest BCUT2D eigenvalue weighted by Crippen LogP contribution is 2.20. The van der Waals surface area contributed by atoms with Crippen LogP contribution >= 0.6 is 24.0 Å². The Labute approximate surface area is 160 Å². The van der Waals surface area contributed by atoms with E-state index >= 15 is 0 Å². The first kappa shape index (κ1) is 19.5. The molecule has 0 saturated heterocycles. The molecule has 6 nitrogen and oxygen atoms in total. The highest BCUT2D eigenvalue weighted by atomic mass is 35.5. The number of hydrogen-bond donors (Lipinski definition) is 2. The van der Waals surface area contributed by atoms with Gasteiger partial charge in [0, 0.05) is 22.3 Å². The summed E-state index contributed by atoms with van der Waals surface area (Å²) in [4.78, 5) is 22.8. The standard InChI is InChI=1S/C18H14ClN3O3.ClH/c19-14-5-2-4-13(10-14)16-7-8-17(23)22(21-16)11-12-3-1-6-15(9-12)20-18(24)25;/h1-10,20H,11H2,(H,24,25);1H. The van der Waals surface area contributed by atoms with Gasteiger partial charge in [-0.05, 0) is 35.9 Å². The molecule has 1 amide bonds. The molecular formula is C18H15Cl2N3O3. The lowest BCUT2D eigenvalue weighted by molar-refractivity contribution is 0.210. The van der Waals surface area contributed by atoms with Crippen LogP contribution in [0, 0.1) is 0 Å². The van der Waals surface area contributed by atoms with E-state index in [9.17, 15) is 9.59 Å². The molecule has 0 aliphatic carbocycles. The Bertz CT molecular complexity index is 989. The summed E-state index contributed by atoms with van der Waals surface area (Å²) in [5.74, 6) is 0. The third-order valence-corrected chi connectivity index (χ3v) is 3.73. The molecule has 0 saturated carbocycles. The van der Waals surface area contributed by atoms with Gasteiger partial charge in [-0.2, -0.15) is 5.10 Å². The monoisotopic (exact) mass is 391 g/mol. The molecule has 0 aliphatic rings. The van der Waals surface area contributed by atoms with Crippen molar-refractivity contribution < 1.29 is 9.90 Å². The number of nitrogens with zero attached hydrogens (tertiary/aromatic N) is 2. The predicted octanol–water partition coefficient (Wildman–Crippen LogP) is 4.12. The van der Waals surface area contributed by atoms with Gasteiger partial charge in [0.05, 0.1) is 12.2 Å². The maximum Gasteiger partial charge on any atom is 0.409 e. The van der Waals surface area contributed by atoms with E-state index in [0.717, 1.165) is 11.1 Å². The second-order valence-corrected chi connectivity index (χ2v) is 5.79. The Hall–Kier alpha value is -2.83. The van der Waals surface area contributed by atoms with E-state index in [1.165, 1.54) is 10.7 Å². The molecule has 0 fully saturated rings. The van der Waals surface area contributed by atoms with Gasteiger partial charge >= 0.3 is 6.09 Å². The first-order valence-electron chi connectivity index (χ1n) is 7.44. The van der Waals surface area contributed by atoms with Gasteiger partial charge in [-0.15, -0.1) is 12.4 Å². The molecule has 0 atom stereocenters. The summed E-state index contributed by atoms with van der Waals surface area (Å²) in [6.07, 6.45) is -1.14. The molecule has 2 N–H and O–H groups in total. The first-order chi connectivity index (χ1) is 12.0. The number of carboxylic acid groups (broad SMARTS) is 1. The van der Waals surface area contributed by atoms with Gasteiger partial charge in [0.25, 0.3) is 5.56 Å². The molecule has 0 radical (unpaired) electrons. The van der Waals surface area contributed by atoms with Crippen LogP contribution in [0.25, 0.3) is 11.3 Å². The van der Waals surface area contributed by atoms with Crippen molar-refractivity contribution in [1.82, 2.24) is 9.78 Å². The number of benzene rings is 2. The van der Waals surface area contributed by atoms with Crippen LogP contribution < -0.4 is 10.9 Å². The zero-order valence-electron chi connectivity index (χ0n) is 13.4. The molecule has 0 bridgehead atoms. The summed E-state index contributed by atoms with van der Waals surface area (Å²) in [6, 6.07) is 17.1. The molecule has 0 aliphatic heterocycles. The second-order valence-electron chi connectivity index (χ2n) is 5.36. The fraction of sp³-hybridized carbons (Fsp3) is 0.0556. The molecule has 1 aromatic heterocycles. The van der Waals surface area contributed by atoms with Crippen LogP contribution in [-0.2, 0) is 6.54 Å². The van der Waals surface area contributed by atoms with Gasteiger partial charge in [-0.3, -0.25) is 10.1 Å². The van der Waals surface area contributed by atoms with E-state index in [-0.39, 0.29) is 24.5 Å². The lowest BCUT2D eigenvalue weighted by atomic mass is 10.1. The quantitative estimate of drug-likeness (QED) is 0.700. The minimum Gasteiger partial charge on any atom is -0.465 e. The molecule has 0 spiro atoms. The van der Waals surface area contributed by atoms with Crippen LogP contribution in [-0.4, -0.2) is 21.0 Å². The lowest BCUT2D eigenvalue weighted by Gasteiger charge is -2.09. The zero-order valence-corrected chi connectivity index (χ0v) is 15.0. The van der Waals surface area contributed by atoms with E-state index in [0.29, 0.717) is 16.4 Å². The van der Waals surface area contributed by atoms with E-state index in [2.05, 4.69) is 10.4 Å². The SMILES string of the molecule is Cl.O=C(O)Nc1cccc(Cn2nc(-c3cccc(Cl)c3)ccc2=O)c1. The minimum atomic E-state index is -1.14. The number of halogens is 2. The van der Waals surface area contributed by atoms with Crippen LogP contribution in [0.5, 0.6) is 0 Å². The maximum absolute atomic E-state index is 12.1. The molecule has 134 valence electrons. The summed E-state index contributed by atoms with van der Waals surface area (Å²) in [5.41, 5.74) is 2.37. The van der Waals surface area contributed by atoms with E-state index in [1.54, 1.807) is 42.5 Å². The number of carbonyl (C=O) groups is 1. The normalized spacial score (nSPS) is 10.0. The smallest absolute Gasteiger partial charge is 0.409 e. The second kappa shape index (κ2) is 8.51. The molecule has 2 aromatic carbocycles. The third kappa shape index (κ3) is 4.84. The number of aromatic nitrogens is 2. The number of hydrogen-bond acceptors (Lipinski definition) is 3. The van der Waals surface area contributed by atoms with Crippen molar-refractivity contribution in [2.75, 3.05) is 5.32 Å². The maximum atomic E-state index is 12.1. The molecule has 3 aromatic rings. The highest BCUT2D eigenvalue weighted by molar-refractivity contribution is 6.30. The Balaban J connectivity index is 0.00000243. The van der Waals surface area contributed by atoms with Crippen molar-refractivity contribution in [2.24, 2.45) is 0 Å². The number of anilines is 1. The van der Waals surface area contributed by atoms with Gasteiger partial charge in [-0.25, -0.2) is 9.48 Å². The van der Waals surface area contributed by atoms with Crippen molar-refractivity contribution in [3.8, 4) is 11.3 Å². The minimum absolute atomic E-state index is 0. The van der Waals surface area contributed by atoms with E-state index < -0.39 is 6.09 Å². The van der Waals surface area contributed by atoms with Crippen LogP contribution in [0.4, 0.5) is 10.5 Å². The lowest BCUT2D eigenvalue weighted by Crippen LogP contribution is -2.22.